The maximum atomic E-state index is 12.0. The third-order valence-electron chi connectivity index (χ3n) is 4.00. The Morgan fingerprint density at radius 3 is 2.63 bits per heavy atom. The van der Waals surface area contributed by atoms with E-state index in [1.54, 1.807) is 6.07 Å². The Hall–Kier alpha value is -1.51. The summed E-state index contributed by atoms with van der Waals surface area (Å²) in [6.45, 7) is 5.91. The summed E-state index contributed by atoms with van der Waals surface area (Å²) >= 11 is 0. The van der Waals surface area contributed by atoms with Gasteiger partial charge in [-0.3, -0.25) is 4.79 Å². The third-order valence-corrected chi connectivity index (χ3v) is 4.00. The van der Waals surface area contributed by atoms with Gasteiger partial charge in [0, 0.05) is 5.56 Å². The number of rotatable bonds is 5. The topological polar surface area (TPSA) is 49.3 Å². The van der Waals surface area contributed by atoms with Gasteiger partial charge >= 0.3 is 0 Å². The van der Waals surface area contributed by atoms with E-state index in [1.807, 2.05) is 19.9 Å². The van der Waals surface area contributed by atoms with E-state index in [1.165, 1.54) is 19.3 Å². The van der Waals surface area contributed by atoms with E-state index >= 15 is 0 Å². The van der Waals surface area contributed by atoms with Gasteiger partial charge in [0.2, 0.25) is 5.91 Å². The van der Waals surface area contributed by atoms with E-state index in [9.17, 15) is 9.90 Å². The van der Waals surface area contributed by atoms with Gasteiger partial charge in [0.25, 0.3) is 0 Å². The molecule has 1 amide bonds. The first-order chi connectivity index (χ1) is 8.98. The van der Waals surface area contributed by atoms with Gasteiger partial charge in [-0.2, -0.15) is 0 Å². The van der Waals surface area contributed by atoms with E-state index in [0.717, 1.165) is 29.7 Å². The number of carbonyl (C=O) groups excluding carboxylic acids is 1. The summed E-state index contributed by atoms with van der Waals surface area (Å²) in [5.41, 5.74) is 2.10. The summed E-state index contributed by atoms with van der Waals surface area (Å²) in [6, 6.07) is 3.65. The Kier molecular flexibility index (Phi) is 3.83. The van der Waals surface area contributed by atoms with Crippen molar-refractivity contribution in [1.82, 2.24) is 0 Å². The zero-order valence-corrected chi connectivity index (χ0v) is 12.0. The lowest BCUT2D eigenvalue weighted by atomic mass is 9.84. The largest absolute Gasteiger partial charge is 0.508 e. The molecule has 104 valence electrons. The average Bonchev–Trinajstić information content (AvgIpc) is 2.59. The van der Waals surface area contributed by atoms with Crippen LogP contribution in [0.3, 0.4) is 0 Å². The normalized spacial score (nSPS) is 16.3. The fraction of sp³-hybridized carbons (Fsp3) is 0.562. The number of amides is 1. The number of hydrogen-bond donors (Lipinski definition) is 2. The van der Waals surface area contributed by atoms with E-state index in [4.69, 9.17) is 0 Å². The number of benzene rings is 1. The van der Waals surface area contributed by atoms with E-state index in [2.05, 4.69) is 12.2 Å². The highest BCUT2D eigenvalue weighted by atomic mass is 16.3. The van der Waals surface area contributed by atoms with Crippen molar-refractivity contribution >= 4 is 11.6 Å². The average molecular weight is 261 g/mol. The molecule has 2 rings (SSSR count). The zero-order valence-electron chi connectivity index (χ0n) is 12.0. The van der Waals surface area contributed by atoms with Gasteiger partial charge in [-0.05, 0) is 38.3 Å². The van der Waals surface area contributed by atoms with Crippen molar-refractivity contribution in [3.05, 3.63) is 23.3 Å². The lowest BCUT2D eigenvalue weighted by Crippen LogP contribution is -2.26. The molecule has 1 aliphatic rings. The number of aryl methyl sites for hydroxylation is 1. The van der Waals surface area contributed by atoms with Crippen LogP contribution in [0.5, 0.6) is 5.75 Å². The van der Waals surface area contributed by atoms with Gasteiger partial charge in [-0.15, -0.1) is 0 Å². The number of hydrogen-bond acceptors (Lipinski definition) is 2. The van der Waals surface area contributed by atoms with Crippen LogP contribution in [0.25, 0.3) is 0 Å². The smallest absolute Gasteiger partial charge is 0.234 e. The second-order valence-corrected chi connectivity index (χ2v) is 5.88. The van der Waals surface area contributed by atoms with E-state index < -0.39 is 5.41 Å². The standard InChI is InChI=1S/C16H23NO2/c1-4-5-6-7-8-11-9-10-12(18)13-14(11)17-15(19)16(13,2)3/h9-10,18H,4-8H2,1-3H3,(H,17,19). The Balaban J connectivity index is 2.25. The van der Waals surface area contributed by atoms with E-state index in [0.29, 0.717) is 0 Å². The molecule has 0 saturated heterocycles. The summed E-state index contributed by atoms with van der Waals surface area (Å²) < 4.78 is 0. The fourth-order valence-corrected chi connectivity index (χ4v) is 2.74. The maximum absolute atomic E-state index is 12.0. The molecule has 2 N–H and O–H groups in total. The molecule has 0 saturated carbocycles. The van der Waals surface area contributed by atoms with Crippen LogP contribution in [0.1, 0.15) is 57.6 Å². The first-order valence-electron chi connectivity index (χ1n) is 7.15. The predicted octanol–water partition coefficient (Wildman–Crippen LogP) is 3.74. The predicted molar refractivity (Wildman–Crippen MR) is 77.6 cm³/mol. The maximum Gasteiger partial charge on any atom is 0.234 e. The SMILES string of the molecule is CCCCCCc1ccc(O)c2c1NC(=O)C2(C)C. The lowest BCUT2D eigenvalue weighted by Gasteiger charge is -2.17. The summed E-state index contributed by atoms with van der Waals surface area (Å²) in [7, 11) is 0. The first kappa shape index (κ1) is 13.9. The van der Waals surface area contributed by atoms with Crippen LogP contribution in [0.2, 0.25) is 0 Å². The number of carbonyl (C=O) groups is 1. The van der Waals surface area contributed by atoms with Crippen molar-refractivity contribution in [3.8, 4) is 5.75 Å². The van der Waals surface area contributed by atoms with Crippen molar-refractivity contribution < 1.29 is 9.90 Å². The number of unbranched alkanes of at least 4 members (excludes halogenated alkanes) is 3. The van der Waals surface area contributed by atoms with Crippen LogP contribution in [-0.4, -0.2) is 11.0 Å². The molecule has 0 fully saturated rings. The first-order valence-corrected chi connectivity index (χ1v) is 7.15. The Bertz CT molecular complexity index is 492. The van der Waals surface area contributed by atoms with E-state index in [-0.39, 0.29) is 11.7 Å². The number of phenolic OH excluding ortho intramolecular Hbond substituents is 1. The molecule has 1 heterocycles. The van der Waals surface area contributed by atoms with Gasteiger partial charge in [0.05, 0.1) is 11.1 Å². The molecular formula is C16H23NO2. The summed E-state index contributed by atoms with van der Waals surface area (Å²) in [6.07, 6.45) is 5.76. The monoisotopic (exact) mass is 261 g/mol. The van der Waals surface area contributed by atoms with Gasteiger partial charge in [-0.25, -0.2) is 0 Å². The molecular weight excluding hydrogens is 238 g/mol. The van der Waals surface area contributed by atoms with Crippen molar-refractivity contribution in [2.75, 3.05) is 5.32 Å². The fourth-order valence-electron chi connectivity index (χ4n) is 2.74. The number of phenols is 1. The molecule has 0 unspecified atom stereocenters. The lowest BCUT2D eigenvalue weighted by molar-refractivity contribution is -0.119. The molecule has 3 heteroatoms. The van der Waals surface area contributed by atoms with Gasteiger partial charge in [0.1, 0.15) is 5.75 Å². The van der Waals surface area contributed by atoms with Crippen LogP contribution in [0, 0.1) is 0 Å². The summed E-state index contributed by atoms with van der Waals surface area (Å²) in [5.74, 6) is 0.189. The number of anilines is 1. The van der Waals surface area contributed by atoms with Gasteiger partial charge < -0.3 is 10.4 Å². The molecule has 0 radical (unpaired) electrons. The molecule has 0 atom stereocenters. The third kappa shape index (κ3) is 2.46. The molecule has 0 spiro atoms. The molecule has 1 aliphatic heterocycles. The van der Waals surface area contributed by atoms with Crippen LogP contribution < -0.4 is 5.32 Å². The highest BCUT2D eigenvalue weighted by Gasteiger charge is 2.41. The molecule has 19 heavy (non-hydrogen) atoms. The minimum Gasteiger partial charge on any atom is -0.508 e. The molecule has 0 aliphatic carbocycles. The van der Waals surface area contributed by atoms with Crippen molar-refractivity contribution in [3.63, 3.8) is 0 Å². The zero-order chi connectivity index (χ0) is 14.0. The van der Waals surface area contributed by atoms with Crippen molar-refractivity contribution in [2.45, 2.75) is 58.3 Å². The molecule has 3 nitrogen and oxygen atoms in total. The molecule has 0 aromatic heterocycles. The minimum absolute atomic E-state index is 0.0289. The molecule has 0 bridgehead atoms. The van der Waals surface area contributed by atoms with Crippen molar-refractivity contribution in [1.29, 1.82) is 0 Å². The second kappa shape index (κ2) is 5.24. The number of nitrogens with one attached hydrogen (secondary N) is 1. The molecule has 1 aromatic carbocycles. The Morgan fingerprint density at radius 1 is 1.21 bits per heavy atom. The van der Waals surface area contributed by atoms with Crippen LogP contribution in [0.4, 0.5) is 5.69 Å². The highest BCUT2D eigenvalue weighted by Crippen LogP contribution is 2.44. The summed E-state index contributed by atoms with van der Waals surface area (Å²) in [4.78, 5) is 12.0. The Morgan fingerprint density at radius 2 is 1.95 bits per heavy atom. The van der Waals surface area contributed by atoms with Crippen LogP contribution in [0.15, 0.2) is 12.1 Å². The van der Waals surface area contributed by atoms with Crippen molar-refractivity contribution in [2.24, 2.45) is 0 Å². The van der Waals surface area contributed by atoms with Crippen LogP contribution >= 0.6 is 0 Å². The number of fused-ring (bicyclic) bond motifs is 1. The summed E-state index contributed by atoms with van der Waals surface area (Å²) in [5, 5.41) is 13.0. The van der Waals surface area contributed by atoms with Gasteiger partial charge in [-0.1, -0.05) is 32.3 Å². The number of aromatic hydroxyl groups is 1. The van der Waals surface area contributed by atoms with Crippen LogP contribution in [-0.2, 0) is 16.6 Å². The highest BCUT2D eigenvalue weighted by molar-refractivity contribution is 6.07. The quantitative estimate of drug-likeness (QED) is 0.793. The Labute approximate surface area is 115 Å². The van der Waals surface area contributed by atoms with Gasteiger partial charge in [0.15, 0.2) is 0 Å². The second-order valence-electron chi connectivity index (χ2n) is 5.88. The minimum atomic E-state index is -0.640. The molecule has 1 aromatic rings.